The molecule has 0 radical (unpaired) electrons. The third-order valence-electron chi connectivity index (χ3n) is 6.47. The second-order valence-corrected chi connectivity index (χ2v) is 7.79. The Hall–Kier alpha value is -1.75. The van der Waals surface area contributed by atoms with E-state index in [0.717, 1.165) is 32.6 Å². The zero-order chi connectivity index (χ0) is 17.6. The summed E-state index contributed by atoms with van der Waals surface area (Å²) in [5.74, 6) is 1.17. The first-order valence-electron chi connectivity index (χ1n) is 9.74. The second-order valence-electron chi connectivity index (χ2n) is 7.79. The average Bonchev–Trinajstić information content (AvgIpc) is 3.02. The van der Waals surface area contributed by atoms with Gasteiger partial charge in [-0.3, -0.25) is 0 Å². The predicted octanol–water partition coefficient (Wildman–Crippen LogP) is 2.81. The van der Waals surface area contributed by atoms with Gasteiger partial charge in [-0.25, -0.2) is 4.79 Å². The molecule has 0 saturated carbocycles. The van der Waals surface area contributed by atoms with Gasteiger partial charge in [-0.1, -0.05) is 12.1 Å². The zero-order valence-corrected chi connectivity index (χ0v) is 15.6. The summed E-state index contributed by atoms with van der Waals surface area (Å²) in [4.78, 5) is 16.8. The smallest absolute Gasteiger partial charge is 0.317 e. The molecule has 0 aromatic heterocycles. The number of rotatable bonds is 3. The van der Waals surface area contributed by atoms with Crippen molar-refractivity contribution >= 4 is 11.7 Å². The van der Waals surface area contributed by atoms with Gasteiger partial charge in [-0.15, -0.1) is 0 Å². The average molecular weight is 342 g/mol. The van der Waals surface area contributed by atoms with E-state index < -0.39 is 0 Å². The van der Waals surface area contributed by atoms with Crippen molar-refractivity contribution in [1.29, 1.82) is 0 Å². The molecule has 2 N–H and O–H groups in total. The summed E-state index contributed by atoms with van der Waals surface area (Å²) in [6.07, 6.45) is 2.28. The number of piperidine rings is 1. The van der Waals surface area contributed by atoms with Gasteiger partial charge in [0.25, 0.3) is 0 Å². The number of hydrogen-bond donors (Lipinski definition) is 2. The molecule has 0 spiro atoms. The van der Waals surface area contributed by atoms with Gasteiger partial charge in [0.15, 0.2) is 0 Å². The second kappa shape index (κ2) is 6.52. The third kappa shape index (κ3) is 2.78. The van der Waals surface area contributed by atoms with Crippen LogP contribution in [0.4, 0.5) is 10.5 Å². The van der Waals surface area contributed by atoms with Gasteiger partial charge in [0.1, 0.15) is 0 Å². The van der Waals surface area contributed by atoms with Crippen molar-refractivity contribution in [3.63, 3.8) is 0 Å². The SMILES string of the molecule is CCN(CC)C(=O)N[C@H]1C[C@@H]2c3cccc4c3[C@@H](CN4)C[C@H]2N(C)C1. The molecule has 1 aliphatic carbocycles. The minimum absolute atomic E-state index is 0.0792. The van der Waals surface area contributed by atoms with E-state index in [1.807, 2.05) is 18.7 Å². The lowest BCUT2D eigenvalue weighted by atomic mass is 9.70. The quantitative estimate of drug-likeness (QED) is 0.888. The molecule has 4 atom stereocenters. The molecule has 2 amide bonds. The van der Waals surface area contributed by atoms with Crippen molar-refractivity contribution in [2.45, 2.75) is 50.6 Å². The van der Waals surface area contributed by atoms with Gasteiger partial charge in [0.2, 0.25) is 0 Å². The highest BCUT2D eigenvalue weighted by molar-refractivity contribution is 5.74. The number of likely N-dealkylation sites (N-methyl/N-ethyl adjacent to an activating group) is 1. The first-order valence-corrected chi connectivity index (χ1v) is 9.74. The Morgan fingerprint density at radius 2 is 2.12 bits per heavy atom. The van der Waals surface area contributed by atoms with Crippen LogP contribution in [0.2, 0.25) is 0 Å². The monoisotopic (exact) mass is 342 g/mol. The van der Waals surface area contributed by atoms with Crippen molar-refractivity contribution in [3.8, 4) is 0 Å². The third-order valence-corrected chi connectivity index (χ3v) is 6.47. The molecule has 1 saturated heterocycles. The van der Waals surface area contributed by atoms with E-state index in [0.29, 0.717) is 17.9 Å². The Balaban J connectivity index is 1.56. The van der Waals surface area contributed by atoms with Crippen molar-refractivity contribution in [3.05, 3.63) is 29.3 Å². The lowest BCUT2D eigenvalue weighted by Gasteiger charge is -2.47. The van der Waals surface area contributed by atoms with Gasteiger partial charge in [0, 0.05) is 55.8 Å². The van der Waals surface area contributed by atoms with Gasteiger partial charge >= 0.3 is 6.03 Å². The van der Waals surface area contributed by atoms with Crippen LogP contribution in [0.15, 0.2) is 18.2 Å². The Bertz CT molecular complexity index is 657. The maximum Gasteiger partial charge on any atom is 0.317 e. The Kier molecular flexibility index (Phi) is 4.36. The fourth-order valence-electron chi connectivity index (χ4n) is 5.23. The molecular weight excluding hydrogens is 312 g/mol. The Morgan fingerprint density at radius 3 is 2.88 bits per heavy atom. The minimum Gasteiger partial charge on any atom is -0.384 e. The normalized spacial score (nSPS) is 30.2. The van der Waals surface area contributed by atoms with E-state index in [1.165, 1.54) is 17.7 Å². The van der Waals surface area contributed by atoms with Crippen molar-refractivity contribution in [1.82, 2.24) is 15.1 Å². The number of hydrogen-bond acceptors (Lipinski definition) is 3. The van der Waals surface area contributed by atoms with Crippen LogP contribution < -0.4 is 10.6 Å². The summed E-state index contributed by atoms with van der Waals surface area (Å²) in [7, 11) is 2.23. The van der Waals surface area contributed by atoms with E-state index in [4.69, 9.17) is 0 Å². The number of carbonyl (C=O) groups excluding carboxylic acids is 1. The number of nitrogens with zero attached hydrogens (tertiary/aromatic N) is 2. The fourth-order valence-corrected chi connectivity index (χ4v) is 5.23. The summed E-state index contributed by atoms with van der Waals surface area (Å²) >= 11 is 0. The molecule has 1 aromatic rings. The van der Waals surface area contributed by atoms with Crippen molar-refractivity contribution in [2.75, 3.05) is 38.5 Å². The van der Waals surface area contributed by atoms with Crippen LogP contribution in [0.1, 0.15) is 49.7 Å². The number of urea groups is 1. The molecule has 0 bridgehead atoms. The highest BCUT2D eigenvalue weighted by atomic mass is 16.2. The number of anilines is 1. The summed E-state index contributed by atoms with van der Waals surface area (Å²) in [5, 5.41) is 6.87. The van der Waals surface area contributed by atoms with Crippen LogP contribution in [-0.4, -0.2) is 61.1 Å². The van der Waals surface area contributed by atoms with Crippen molar-refractivity contribution in [2.24, 2.45) is 0 Å². The predicted molar refractivity (Wildman–Crippen MR) is 101 cm³/mol. The van der Waals surface area contributed by atoms with Gasteiger partial charge in [0.05, 0.1) is 0 Å². The molecule has 5 heteroatoms. The minimum atomic E-state index is 0.0792. The molecule has 1 fully saturated rings. The van der Waals surface area contributed by atoms with Crippen LogP contribution in [0.3, 0.4) is 0 Å². The maximum atomic E-state index is 12.5. The van der Waals surface area contributed by atoms with Gasteiger partial charge in [-0.2, -0.15) is 0 Å². The fraction of sp³-hybridized carbons (Fsp3) is 0.650. The van der Waals surface area contributed by atoms with E-state index in [1.54, 1.807) is 5.56 Å². The molecule has 25 heavy (non-hydrogen) atoms. The number of nitrogens with one attached hydrogen (secondary N) is 2. The molecule has 1 aromatic carbocycles. The standard InChI is InChI=1S/C20H30N4O/c1-4-24(5-2)20(25)22-14-10-16-15-7-6-8-17-19(15)13(11-21-17)9-18(16)23(3)12-14/h6-8,13-14,16,18,21H,4-5,9-12H2,1-3H3,(H,22,25)/t13-,14+,16-,18-/m1/s1. The van der Waals surface area contributed by atoms with E-state index >= 15 is 0 Å². The molecule has 5 nitrogen and oxygen atoms in total. The van der Waals surface area contributed by atoms with Crippen LogP contribution in [0.5, 0.6) is 0 Å². The largest absolute Gasteiger partial charge is 0.384 e. The number of likely N-dealkylation sites (tertiary alicyclic amines) is 1. The van der Waals surface area contributed by atoms with Crippen LogP contribution in [0.25, 0.3) is 0 Å². The summed E-state index contributed by atoms with van der Waals surface area (Å²) in [6, 6.07) is 7.61. The molecular formula is C20H30N4O. The molecule has 4 rings (SSSR count). The van der Waals surface area contributed by atoms with E-state index in [9.17, 15) is 4.79 Å². The molecule has 2 heterocycles. The first-order chi connectivity index (χ1) is 12.1. The molecule has 0 unspecified atom stereocenters. The number of carbonyl (C=O) groups is 1. The lowest BCUT2D eigenvalue weighted by Crippen LogP contribution is -2.56. The van der Waals surface area contributed by atoms with Crippen molar-refractivity contribution < 1.29 is 4.79 Å². The summed E-state index contributed by atoms with van der Waals surface area (Å²) < 4.78 is 0. The molecule has 2 aliphatic heterocycles. The summed E-state index contributed by atoms with van der Waals surface area (Å²) in [6.45, 7) is 7.61. The molecule has 136 valence electrons. The zero-order valence-electron chi connectivity index (χ0n) is 15.6. The van der Waals surface area contributed by atoms with E-state index in [2.05, 4.69) is 40.8 Å². The maximum absolute atomic E-state index is 12.5. The number of fused-ring (bicyclic) bond motifs is 2. The van der Waals surface area contributed by atoms with Crippen LogP contribution in [-0.2, 0) is 0 Å². The number of amides is 2. The molecule has 3 aliphatic rings. The summed E-state index contributed by atoms with van der Waals surface area (Å²) in [5.41, 5.74) is 4.39. The first kappa shape index (κ1) is 16.7. The Labute approximate surface area is 150 Å². The topological polar surface area (TPSA) is 47.6 Å². The van der Waals surface area contributed by atoms with E-state index in [-0.39, 0.29) is 12.1 Å². The number of benzene rings is 1. The van der Waals surface area contributed by atoms with Gasteiger partial charge in [-0.05, 0) is 50.9 Å². The van der Waals surface area contributed by atoms with Gasteiger partial charge < -0.3 is 20.4 Å². The van der Waals surface area contributed by atoms with Crippen LogP contribution >= 0.6 is 0 Å². The highest BCUT2D eigenvalue weighted by Crippen LogP contribution is 2.49. The lowest BCUT2D eigenvalue weighted by molar-refractivity contribution is 0.108. The Morgan fingerprint density at radius 1 is 1.32 bits per heavy atom. The van der Waals surface area contributed by atoms with Crippen LogP contribution in [0, 0.1) is 0 Å². The highest BCUT2D eigenvalue weighted by Gasteiger charge is 2.44.